The number of carboxylic acid groups (broad SMARTS) is 1. The fourth-order valence-corrected chi connectivity index (χ4v) is 3.22. The van der Waals surface area contributed by atoms with Crippen LogP contribution in [-0.4, -0.2) is 40.5 Å². The summed E-state index contributed by atoms with van der Waals surface area (Å²) >= 11 is 0. The van der Waals surface area contributed by atoms with Gasteiger partial charge in [0.15, 0.2) is 0 Å². The number of methoxy groups -OCH3 is 1. The predicted molar refractivity (Wildman–Crippen MR) is 107 cm³/mol. The number of hydrogen-bond donors (Lipinski definition) is 2. The Morgan fingerprint density at radius 3 is 2.64 bits per heavy atom. The molecule has 0 spiro atoms. The molecule has 146 valence electrons. The van der Waals surface area contributed by atoms with Crippen molar-refractivity contribution in [3.8, 4) is 5.75 Å². The lowest BCUT2D eigenvalue weighted by atomic mass is 10.1. The molecule has 2 N–H and O–H groups in total. The highest BCUT2D eigenvalue weighted by molar-refractivity contribution is 5.89. The first-order chi connectivity index (χ1) is 13.6. The highest BCUT2D eigenvalue weighted by Gasteiger charge is 2.17. The van der Waals surface area contributed by atoms with Gasteiger partial charge < -0.3 is 19.7 Å². The molecule has 2 aromatic carbocycles. The van der Waals surface area contributed by atoms with Crippen molar-refractivity contribution in [3.05, 3.63) is 65.9 Å². The second-order valence-corrected chi connectivity index (χ2v) is 6.70. The third-order valence-corrected chi connectivity index (χ3v) is 4.70. The van der Waals surface area contributed by atoms with Gasteiger partial charge in [0.1, 0.15) is 5.75 Å². The molecule has 1 amide bonds. The number of aliphatic carboxylic acids is 1. The Labute approximate surface area is 163 Å². The molecule has 1 heterocycles. The Morgan fingerprint density at radius 1 is 1.14 bits per heavy atom. The van der Waals surface area contributed by atoms with Gasteiger partial charge >= 0.3 is 5.97 Å². The maximum absolute atomic E-state index is 13.0. The Morgan fingerprint density at radius 2 is 1.93 bits per heavy atom. The number of H-pyrrole nitrogens is 1. The van der Waals surface area contributed by atoms with Crippen molar-refractivity contribution in [1.82, 2.24) is 9.88 Å². The SMILES string of the molecule is COc1ccc2[nH]cc(CC(=O)N(CCCC(=O)O)Cc3ccccc3)c2c1. The zero-order valence-electron chi connectivity index (χ0n) is 15.9. The largest absolute Gasteiger partial charge is 0.497 e. The smallest absolute Gasteiger partial charge is 0.303 e. The van der Waals surface area contributed by atoms with Crippen molar-refractivity contribution in [2.24, 2.45) is 0 Å². The average Bonchev–Trinajstić information content (AvgIpc) is 3.09. The van der Waals surface area contributed by atoms with Gasteiger partial charge in [-0.2, -0.15) is 0 Å². The number of amides is 1. The molecule has 0 aliphatic carbocycles. The van der Waals surface area contributed by atoms with Crippen LogP contribution in [0.1, 0.15) is 24.0 Å². The molecule has 0 aliphatic heterocycles. The van der Waals surface area contributed by atoms with Crippen molar-refractivity contribution in [2.75, 3.05) is 13.7 Å². The summed E-state index contributed by atoms with van der Waals surface area (Å²) in [6, 6.07) is 15.4. The normalized spacial score (nSPS) is 10.8. The molecule has 1 aromatic heterocycles. The van der Waals surface area contributed by atoms with E-state index in [0.29, 0.717) is 19.5 Å². The average molecular weight is 380 g/mol. The van der Waals surface area contributed by atoms with Crippen LogP contribution in [0.25, 0.3) is 10.9 Å². The number of rotatable bonds is 9. The first kappa shape index (κ1) is 19.5. The van der Waals surface area contributed by atoms with Crippen LogP contribution in [0, 0.1) is 0 Å². The second-order valence-electron chi connectivity index (χ2n) is 6.70. The summed E-state index contributed by atoms with van der Waals surface area (Å²) in [5.41, 5.74) is 2.87. The van der Waals surface area contributed by atoms with Gasteiger partial charge in [-0.15, -0.1) is 0 Å². The number of benzene rings is 2. The van der Waals surface area contributed by atoms with Gasteiger partial charge in [-0.25, -0.2) is 0 Å². The fourth-order valence-electron chi connectivity index (χ4n) is 3.22. The van der Waals surface area contributed by atoms with Gasteiger partial charge in [0.05, 0.1) is 13.5 Å². The van der Waals surface area contributed by atoms with E-state index in [1.807, 2.05) is 54.7 Å². The van der Waals surface area contributed by atoms with Crippen molar-refractivity contribution < 1.29 is 19.4 Å². The first-order valence-corrected chi connectivity index (χ1v) is 9.24. The van der Waals surface area contributed by atoms with E-state index in [1.54, 1.807) is 12.0 Å². The molecular weight excluding hydrogens is 356 g/mol. The lowest BCUT2D eigenvalue weighted by molar-refractivity contribution is -0.138. The Balaban J connectivity index is 1.77. The molecule has 0 unspecified atom stereocenters. The summed E-state index contributed by atoms with van der Waals surface area (Å²) in [7, 11) is 1.61. The minimum Gasteiger partial charge on any atom is -0.497 e. The van der Waals surface area contributed by atoms with Gasteiger partial charge in [-0.1, -0.05) is 30.3 Å². The number of hydrogen-bond acceptors (Lipinski definition) is 3. The zero-order chi connectivity index (χ0) is 19.9. The molecular formula is C22H24N2O4. The summed E-state index contributed by atoms with van der Waals surface area (Å²) in [5.74, 6) is -0.141. The standard InChI is InChI=1S/C22H24N2O4/c1-28-18-9-10-20-19(13-18)17(14-23-20)12-21(25)24(11-5-8-22(26)27)15-16-6-3-2-4-7-16/h2-4,6-7,9-10,13-14,23H,5,8,11-12,15H2,1H3,(H,26,27). The number of nitrogens with one attached hydrogen (secondary N) is 1. The molecule has 0 radical (unpaired) electrons. The molecule has 0 saturated heterocycles. The number of fused-ring (bicyclic) bond motifs is 1. The topological polar surface area (TPSA) is 82.6 Å². The lowest BCUT2D eigenvalue weighted by Gasteiger charge is -2.23. The molecule has 6 nitrogen and oxygen atoms in total. The lowest BCUT2D eigenvalue weighted by Crippen LogP contribution is -2.33. The van der Waals surface area contributed by atoms with Gasteiger partial charge in [0.25, 0.3) is 0 Å². The predicted octanol–water partition coefficient (Wildman–Crippen LogP) is 3.61. The van der Waals surface area contributed by atoms with Gasteiger partial charge in [-0.05, 0) is 35.7 Å². The number of aromatic nitrogens is 1. The van der Waals surface area contributed by atoms with E-state index in [9.17, 15) is 9.59 Å². The van der Waals surface area contributed by atoms with E-state index in [4.69, 9.17) is 9.84 Å². The maximum atomic E-state index is 13.0. The van der Waals surface area contributed by atoms with Crippen LogP contribution < -0.4 is 4.74 Å². The molecule has 28 heavy (non-hydrogen) atoms. The van der Waals surface area contributed by atoms with Gasteiger partial charge in [-0.3, -0.25) is 9.59 Å². The van der Waals surface area contributed by atoms with Crippen LogP contribution in [-0.2, 0) is 22.6 Å². The summed E-state index contributed by atoms with van der Waals surface area (Å²) < 4.78 is 5.29. The molecule has 0 atom stereocenters. The van der Waals surface area contributed by atoms with E-state index in [2.05, 4.69) is 4.98 Å². The van der Waals surface area contributed by atoms with Gasteiger partial charge in [0.2, 0.25) is 5.91 Å². The molecule has 3 aromatic rings. The third-order valence-electron chi connectivity index (χ3n) is 4.70. The van der Waals surface area contributed by atoms with Crippen molar-refractivity contribution in [2.45, 2.75) is 25.8 Å². The molecule has 0 aliphatic rings. The summed E-state index contributed by atoms with van der Waals surface area (Å²) in [5, 5.41) is 9.87. The zero-order valence-corrected chi connectivity index (χ0v) is 15.9. The minimum absolute atomic E-state index is 0.0297. The van der Waals surface area contributed by atoms with Crippen molar-refractivity contribution in [1.29, 1.82) is 0 Å². The van der Waals surface area contributed by atoms with E-state index in [0.717, 1.165) is 27.8 Å². The first-order valence-electron chi connectivity index (χ1n) is 9.24. The Hall–Kier alpha value is -3.28. The molecule has 0 saturated carbocycles. The number of carbonyl (C=O) groups is 2. The number of aromatic amines is 1. The van der Waals surface area contributed by atoms with Crippen LogP contribution in [0.5, 0.6) is 5.75 Å². The van der Waals surface area contributed by atoms with Crippen LogP contribution in [0.2, 0.25) is 0 Å². The Kier molecular flexibility index (Phi) is 6.32. The third kappa shape index (κ3) is 4.91. The quantitative estimate of drug-likeness (QED) is 0.594. The van der Waals surface area contributed by atoms with Crippen molar-refractivity contribution >= 4 is 22.8 Å². The van der Waals surface area contributed by atoms with Crippen LogP contribution in [0.4, 0.5) is 0 Å². The summed E-state index contributed by atoms with van der Waals surface area (Å²) in [6.07, 6.45) is 2.56. The second kappa shape index (κ2) is 9.08. The summed E-state index contributed by atoms with van der Waals surface area (Å²) in [4.78, 5) is 28.8. The van der Waals surface area contributed by atoms with Gasteiger partial charge in [0, 0.05) is 36.6 Å². The minimum atomic E-state index is -0.851. The number of carboxylic acids is 1. The number of ether oxygens (including phenoxy) is 1. The maximum Gasteiger partial charge on any atom is 0.303 e. The fraction of sp³-hybridized carbons (Fsp3) is 0.273. The van der Waals surface area contributed by atoms with Crippen LogP contribution in [0.3, 0.4) is 0 Å². The van der Waals surface area contributed by atoms with E-state index < -0.39 is 5.97 Å². The highest BCUT2D eigenvalue weighted by Crippen LogP contribution is 2.24. The highest BCUT2D eigenvalue weighted by atomic mass is 16.5. The van der Waals surface area contributed by atoms with Crippen LogP contribution >= 0.6 is 0 Å². The Bertz CT molecular complexity index is 950. The van der Waals surface area contributed by atoms with Crippen LogP contribution in [0.15, 0.2) is 54.7 Å². The summed E-state index contributed by atoms with van der Waals surface area (Å²) in [6.45, 7) is 0.872. The van der Waals surface area contributed by atoms with E-state index in [-0.39, 0.29) is 18.7 Å². The molecule has 0 fully saturated rings. The van der Waals surface area contributed by atoms with E-state index in [1.165, 1.54) is 0 Å². The molecule has 0 bridgehead atoms. The number of carbonyl (C=O) groups excluding carboxylic acids is 1. The molecule has 6 heteroatoms. The molecule has 3 rings (SSSR count). The van der Waals surface area contributed by atoms with Crippen molar-refractivity contribution in [3.63, 3.8) is 0 Å². The monoisotopic (exact) mass is 380 g/mol. The number of nitrogens with zero attached hydrogens (tertiary/aromatic N) is 1. The van der Waals surface area contributed by atoms with E-state index >= 15 is 0 Å².